The Kier molecular flexibility index (Phi) is 4.24. The number of nitrogens with zero attached hydrogens (tertiary/aromatic N) is 1. The molecule has 0 fully saturated rings. The molecule has 0 radical (unpaired) electrons. The summed E-state index contributed by atoms with van der Waals surface area (Å²) in [5, 5.41) is 3.21. The van der Waals surface area contributed by atoms with Crippen LogP contribution in [0.3, 0.4) is 0 Å². The number of rotatable bonds is 2. The molecule has 2 aromatic carbocycles. The van der Waals surface area contributed by atoms with Crippen LogP contribution in [-0.4, -0.2) is 23.3 Å². The summed E-state index contributed by atoms with van der Waals surface area (Å²) >= 11 is 0. The number of fused-ring (bicyclic) bond motifs is 2. The monoisotopic (exact) mass is 362 g/mol. The molecule has 1 N–H and O–H groups in total. The van der Waals surface area contributed by atoms with E-state index in [0.29, 0.717) is 29.7 Å². The molecular formula is C21H18N2O4. The molecule has 27 heavy (non-hydrogen) atoms. The highest BCUT2D eigenvalue weighted by Crippen LogP contribution is 2.23. The zero-order valence-corrected chi connectivity index (χ0v) is 14.8. The van der Waals surface area contributed by atoms with E-state index in [0.717, 1.165) is 12.0 Å². The number of carbonyl (C=O) groups is 2. The molecule has 0 aliphatic carbocycles. The van der Waals surface area contributed by atoms with Crippen molar-refractivity contribution < 1.29 is 14.0 Å². The molecule has 3 aromatic rings. The highest BCUT2D eigenvalue weighted by atomic mass is 16.3. The summed E-state index contributed by atoms with van der Waals surface area (Å²) < 4.78 is 5.57. The Morgan fingerprint density at radius 2 is 1.89 bits per heavy atom. The van der Waals surface area contributed by atoms with E-state index in [1.807, 2.05) is 18.2 Å². The maximum absolute atomic E-state index is 12.5. The van der Waals surface area contributed by atoms with Crippen LogP contribution in [-0.2, 0) is 17.8 Å². The van der Waals surface area contributed by atoms with Crippen molar-refractivity contribution in [1.82, 2.24) is 4.90 Å². The molecule has 6 nitrogen and oxygen atoms in total. The fourth-order valence-electron chi connectivity index (χ4n) is 3.31. The molecular weight excluding hydrogens is 344 g/mol. The SMILES string of the molecule is CC(=O)N1CCc2ccc(NC(=O)c3cc(=O)c4ccccc4o3)cc2C1. The van der Waals surface area contributed by atoms with Crippen molar-refractivity contribution in [3.8, 4) is 0 Å². The van der Waals surface area contributed by atoms with E-state index < -0.39 is 5.91 Å². The fourth-order valence-corrected chi connectivity index (χ4v) is 3.31. The molecule has 1 aliphatic heterocycles. The van der Waals surface area contributed by atoms with Gasteiger partial charge in [-0.05, 0) is 41.8 Å². The number of nitrogens with one attached hydrogen (secondary N) is 1. The van der Waals surface area contributed by atoms with Crippen molar-refractivity contribution in [1.29, 1.82) is 0 Å². The van der Waals surface area contributed by atoms with Gasteiger partial charge in [-0.25, -0.2) is 0 Å². The lowest BCUT2D eigenvalue weighted by molar-refractivity contribution is -0.129. The minimum atomic E-state index is -0.489. The molecule has 0 unspecified atom stereocenters. The predicted molar refractivity (Wildman–Crippen MR) is 102 cm³/mol. The Morgan fingerprint density at radius 1 is 1.07 bits per heavy atom. The van der Waals surface area contributed by atoms with Gasteiger partial charge in [0.2, 0.25) is 5.91 Å². The van der Waals surface area contributed by atoms with Gasteiger partial charge in [-0.15, -0.1) is 0 Å². The predicted octanol–water partition coefficient (Wildman–Crippen LogP) is 2.95. The van der Waals surface area contributed by atoms with E-state index in [2.05, 4.69) is 5.32 Å². The molecule has 1 aliphatic rings. The van der Waals surface area contributed by atoms with E-state index in [-0.39, 0.29) is 17.1 Å². The number of para-hydroxylation sites is 1. The molecule has 0 spiro atoms. The van der Waals surface area contributed by atoms with Crippen molar-refractivity contribution in [3.05, 3.63) is 75.6 Å². The van der Waals surface area contributed by atoms with Crippen LogP contribution in [0.2, 0.25) is 0 Å². The summed E-state index contributed by atoms with van der Waals surface area (Å²) in [5.41, 5.74) is 2.89. The van der Waals surface area contributed by atoms with Gasteiger partial charge in [0, 0.05) is 31.8 Å². The fraction of sp³-hybridized carbons (Fsp3) is 0.190. The second-order valence-electron chi connectivity index (χ2n) is 6.60. The van der Waals surface area contributed by atoms with Crippen molar-refractivity contribution >= 4 is 28.5 Å². The summed E-state index contributed by atoms with van der Waals surface area (Å²) in [6.45, 7) is 2.79. The van der Waals surface area contributed by atoms with Crippen LogP contribution < -0.4 is 10.7 Å². The Morgan fingerprint density at radius 3 is 2.70 bits per heavy atom. The Hall–Kier alpha value is -3.41. The number of hydrogen-bond acceptors (Lipinski definition) is 4. The lowest BCUT2D eigenvalue weighted by Crippen LogP contribution is -2.34. The lowest BCUT2D eigenvalue weighted by Gasteiger charge is -2.28. The van der Waals surface area contributed by atoms with E-state index in [9.17, 15) is 14.4 Å². The van der Waals surface area contributed by atoms with Crippen LogP contribution in [0.4, 0.5) is 5.69 Å². The first-order valence-corrected chi connectivity index (χ1v) is 8.73. The maximum atomic E-state index is 12.5. The summed E-state index contributed by atoms with van der Waals surface area (Å²) in [4.78, 5) is 38.1. The van der Waals surface area contributed by atoms with E-state index in [4.69, 9.17) is 4.42 Å². The number of hydrogen-bond donors (Lipinski definition) is 1. The van der Waals surface area contributed by atoms with Gasteiger partial charge in [0.25, 0.3) is 5.91 Å². The van der Waals surface area contributed by atoms with Crippen LogP contribution >= 0.6 is 0 Å². The molecule has 0 bridgehead atoms. The van der Waals surface area contributed by atoms with Gasteiger partial charge in [0.05, 0.1) is 5.39 Å². The van der Waals surface area contributed by atoms with Crippen LogP contribution in [0.5, 0.6) is 0 Å². The molecule has 2 amide bonds. The third-order valence-corrected chi connectivity index (χ3v) is 4.78. The normalized spacial score (nSPS) is 13.3. The topological polar surface area (TPSA) is 79.6 Å². The van der Waals surface area contributed by atoms with Gasteiger partial charge in [-0.1, -0.05) is 18.2 Å². The van der Waals surface area contributed by atoms with Gasteiger partial charge in [-0.2, -0.15) is 0 Å². The average molecular weight is 362 g/mol. The zero-order valence-electron chi connectivity index (χ0n) is 14.8. The summed E-state index contributed by atoms with van der Waals surface area (Å²) in [5.74, 6) is -0.494. The highest BCUT2D eigenvalue weighted by Gasteiger charge is 2.19. The Balaban J connectivity index is 1.59. The average Bonchev–Trinajstić information content (AvgIpc) is 2.67. The van der Waals surface area contributed by atoms with Crippen molar-refractivity contribution in [3.63, 3.8) is 0 Å². The minimum absolute atomic E-state index is 0.0352. The van der Waals surface area contributed by atoms with E-state index in [1.54, 1.807) is 36.1 Å². The second kappa shape index (κ2) is 6.72. The third-order valence-electron chi connectivity index (χ3n) is 4.78. The Bertz CT molecular complexity index is 1120. The zero-order chi connectivity index (χ0) is 19.0. The van der Waals surface area contributed by atoms with Crippen LogP contribution in [0.1, 0.15) is 28.6 Å². The summed E-state index contributed by atoms with van der Waals surface area (Å²) in [6.07, 6.45) is 0.794. The van der Waals surface area contributed by atoms with Gasteiger partial charge in [0.1, 0.15) is 5.58 Å². The number of carbonyl (C=O) groups excluding carboxylic acids is 2. The first kappa shape index (κ1) is 17.0. The number of benzene rings is 2. The van der Waals surface area contributed by atoms with Crippen molar-refractivity contribution in [2.75, 3.05) is 11.9 Å². The summed E-state index contributed by atoms with van der Waals surface area (Å²) in [6, 6.07) is 13.6. The standard InChI is InChI=1S/C21H18N2O4/c1-13(24)23-9-8-14-6-7-16(10-15(14)12-23)22-21(26)20-11-18(25)17-4-2-3-5-19(17)27-20/h2-7,10-11H,8-9,12H2,1H3,(H,22,26). The lowest BCUT2D eigenvalue weighted by atomic mass is 9.99. The second-order valence-corrected chi connectivity index (χ2v) is 6.60. The number of amides is 2. The molecule has 0 saturated carbocycles. The van der Waals surface area contributed by atoms with Crippen LogP contribution in [0.15, 0.2) is 57.7 Å². The first-order chi connectivity index (χ1) is 13.0. The summed E-state index contributed by atoms with van der Waals surface area (Å²) in [7, 11) is 0. The third kappa shape index (κ3) is 3.33. The van der Waals surface area contributed by atoms with E-state index in [1.165, 1.54) is 11.6 Å². The maximum Gasteiger partial charge on any atom is 0.291 e. The Labute approximate surface area is 155 Å². The van der Waals surface area contributed by atoms with Crippen molar-refractivity contribution in [2.45, 2.75) is 19.9 Å². The van der Waals surface area contributed by atoms with E-state index >= 15 is 0 Å². The number of anilines is 1. The van der Waals surface area contributed by atoms with Crippen LogP contribution in [0.25, 0.3) is 11.0 Å². The minimum Gasteiger partial charge on any atom is -0.451 e. The molecule has 4 rings (SSSR count). The van der Waals surface area contributed by atoms with Gasteiger partial charge < -0.3 is 14.6 Å². The quantitative estimate of drug-likeness (QED) is 0.760. The highest BCUT2D eigenvalue weighted by molar-refractivity contribution is 6.03. The molecule has 1 aromatic heterocycles. The molecule has 2 heterocycles. The van der Waals surface area contributed by atoms with Crippen LogP contribution in [0, 0.1) is 0 Å². The van der Waals surface area contributed by atoms with Gasteiger partial charge in [0.15, 0.2) is 11.2 Å². The largest absolute Gasteiger partial charge is 0.451 e. The first-order valence-electron chi connectivity index (χ1n) is 8.73. The molecule has 6 heteroatoms. The van der Waals surface area contributed by atoms with Gasteiger partial charge >= 0.3 is 0 Å². The van der Waals surface area contributed by atoms with Gasteiger partial charge in [-0.3, -0.25) is 14.4 Å². The smallest absolute Gasteiger partial charge is 0.291 e. The molecule has 0 saturated heterocycles. The van der Waals surface area contributed by atoms with Crippen molar-refractivity contribution in [2.24, 2.45) is 0 Å². The molecule has 0 atom stereocenters. The molecule has 136 valence electrons.